The molecule has 0 radical (unpaired) electrons. The highest BCUT2D eigenvalue weighted by Crippen LogP contribution is 2.70. The molecule has 2 amide bonds. The second kappa shape index (κ2) is 9.84. The number of anilines is 1. The van der Waals surface area contributed by atoms with E-state index in [0.717, 1.165) is 76.8 Å². The van der Waals surface area contributed by atoms with Gasteiger partial charge in [-0.2, -0.15) is 0 Å². The van der Waals surface area contributed by atoms with Crippen molar-refractivity contribution in [3.63, 3.8) is 0 Å². The van der Waals surface area contributed by atoms with Crippen LogP contribution < -0.4 is 10.6 Å². The van der Waals surface area contributed by atoms with Gasteiger partial charge >= 0.3 is 0 Å². The number of carbonyl (C=O) groups is 2. The molecule has 36 heavy (non-hydrogen) atoms. The van der Waals surface area contributed by atoms with E-state index >= 15 is 0 Å². The zero-order valence-corrected chi connectivity index (χ0v) is 23.2. The predicted octanol–water partition coefficient (Wildman–Crippen LogP) is 6.10. The van der Waals surface area contributed by atoms with Gasteiger partial charge in [-0.1, -0.05) is 18.3 Å². The molecule has 0 saturated heterocycles. The topological polar surface area (TPSA) is 71.1 Å². The van der Waals surface area contributed by atoms with Crippen LogP contribution in [0.4, 0.5) is 5.00 Å². The maximum Gasteiger partial charge on any atom is 0.254 e. The van der Waals surface area contributed by atoms with Crippen LogP contribution in [0.2, 0.25) is 0 Å². The number of pyridine rings is 1. The number of hydrogen-bond acceptors (Lipinski definition) is 6. The second-order valence-corrected chi connectivity index (χ2v) is 13.7. The summed E-state index contributed by atoms with van der Waals surface area (Å²) >= 11 is 9.07. The normalized spacial score (nSPS) is 23.1. The van der Waals surface area contributed by atoms with Crippen molar-refractivity contribution in [1.29, 1.82) is 0 Å². The summed E-state index contributed by atoms with van der Waals surface area (Å²) in [4.78, 5) is 33.3. The Balaban J connectivity index is 0.00000280. The van der Waals surface area contributed by atoms with Crippen LogP contribution in [0.1, 0.15) is 72.9 Å². The number of aryl methyl sites for hydroxylation is 1. The van der Waals surface area contributed by atoms with E-state index in [1.54, 1.807) is 23.1 Å². The number of nitrogens with zero attached hydrogens (tertiary/aromatic N) is 1. The van der Waals surface area contributed by atoms with Crippen LogP contribution in [0.3, 0.4) is 0 Å². The highest BCUT2D eigenvalue weighted by molar-refractivity contribution is 7.98. The van der Waals surface area contributed by atoms with Gasteiger partial charge in [0.25, 0.3) is 5.91 Å². The molecule has 0 aliphatic heterocycles. The average molecular weight is 542 g/mol. The van der Waals surface area contributed by atoms with E-state index in [2.05, 4.69) is 15.6 Å². The molecule has 3 fully saturated rings. The van der Waals surface area contributed by atoms with Crippen molar-refractivity contribution in [3.05, 3.63) is 39.9 Å². The molecule has 4 aliphatic carbocycles. The van der Waals surface area contributed by atoms with Gasteiger partial charge in [0, 0.05) is 30.9 Å². The fourth-order valence-corrected chi connectivity index (χ4v) is 7.75. The number of thioether (sulfide) groups is 1. The Labute approximate surface area is 228 Å². The Hall–Kier alpha value is -1.77. The van der Waals surface area contributed by atoms with Crippen LogP contribution >= 0.6 is 35.3 Å². The first-order chi connectivity index (χ1) is 17.4. The molecule has 1 unspecified atom stereocenters. The van der Waals surface area contributed by atoms with Gasteiger partial charge in [0.1, 0.15) is 5.00 Å². The summed E-state index contributed by atoms with van der Waals surface area (Å²) in [6.45, 7) is 0.734. The third-order valence-electron chi connectivity index (χ3n) is 8.36. The van der Waals surface area contributed by atoms with Crippen LogP contribution in [-0.2, 0) is 24.1 Å². The van der Waals surface area contributed by atoms with Gasteiger partial charge in [-0.25, -0.2) is 4.98 Å². The highest BCUT2D eigenvalue weighted by atomic mass is 32.2. The van der Waals surface area contributed by atoms with Gasteiger partial charge in [0.2, 0.25) is 5.91 Å². The molecule has 2 heterocycles. The lowest BCUT2D eigenvalue weighted by Crippen LogP contribution is -2.28. The van der Waals surface area contributed by atoms with Crippen molar-refractivity contribution in [2.24, 2.45) is 23.2 Å². The zero-order chi connectivity index (χ0) is 24.9. The van der Waals surface area contributed by atoms with E-state index in [-0.39, 0.29) is 19.2 Å². The molecule has 2 aromatic heterocycles. The lowest BCUT2D eigenvalue weighted by molar-refractivity contribution is -0.117. The van der Waals surface area contributed by atoms with Gasteiger partial charge in [-0.15, -0.1) is 23.1 Å². The van der Waals surface area contributed by atoms with E-state index in [1.807, 2.05) is 24.5 Å². The first-order valence-corrected chi connectivity index (χ1v) is 15.6. The molecule has 3 saturated carbocycles. The molecule has 1 spiro atoms. The predicted molar refractivity (Wildman–Crippen MR) is 152 cm³/mol. The fourth-order valence-electron chi connectivity index (χ4n) is 5.70. The first-order valence-electron chi connectivity index (χ1n) is 13.2. The molecule has 0 bridgehead atoms. The van der Waals surface area contributed by atoms with Crippen LogP contribution in [0.25, 0.3) is 0 Å². The van der Waals surface area contributed by atoms with Crippen molar-refractivity contribution in [1.82, 2.24) is 10.3 Å². The highest BCUT2D eigenvalue weighted by Gasteiger charge is 2.65. The third-order valence-corrected chi connectivity index (χ3v) is 10.5. The Bertz CT molecular complexity index is 1220. The van der Waals surface area contributed by atoms with E-state index in [1.165, 1.54) is 30.6 Å². The summed E-state index contributed by atoms with van der Waals surface area (Å²) in [5.41, 5.74) is 3.19. The fraction of sp³-hybridized carbons (Fsp3) is 0.571. The van der Waals surface area contributed by atoms with Gasteiger partial charge in [-0.3, -0.25) is 9.59 Å². The van der Waals surface area contributed by atoms with Gasteiger partial charge in [-0.05, 0) is 104 Å². The van der Waals surface area contributed by atoms with E-state index < -0.39 is 0 Å². The third kappa shape index (κ3) is 5.27. The van der Waals surface area contributed by atoms with Gasteiger partial charge < -0.3 is 10.6 Å². The summed E-state index contributed by atoms with van der Waals surface area (Å²) in [6, 6.07) is 6.12. The van der Waals surface area contributed by atoms with Crippen LogP contribution in [-0.4, -0.2) is 34.5 Å². The Kier molecular flexibility index (Phi) is 6.71. The maximum absolute atomic E-state index is 13.4. The van der Waals surface area contributed by atoms with E-state index in [9.17, 15) is 9.59 Å². The smallest absolute Gasteiger partial charge is 0.254 e. The number of thiophene rings is 1. The number of hydrogen-bond donors (Lipinski definition) is 2. The summed E-state index contributed by atoms with van der Waals surface area (Å²) < 4.78 is 0. The minimum Gasteiger partial charge on any atom is -0.352 e. The standard InChI is InChI=1S/C28H33N3O2S3.H2/c1-35-23-4-2-3-18(30-23)13-19(34)11-17-7-8-22-20(12-17)24(26(33)29-15-16-5-6-16)27(36-22)31-25(32)21-14-28(21)9-10-28;/h2-4,16-17,21H,5-15H2,1H3,(H,29,33)(H,31,32);1H/t17-,21?;/m1./s1. The molecular formula is C28H35N3O2S3. The molecule has 2 N–H and O–H groups in total. The number of carbonyl (C=O) groups excluding carboxylic acids is 2. The quantitative estimate of drug-likeness (QED) is 0.281. The Morgan fingerprint density at radius 2 is 2.08 bits per heavy atom. The molecule has 2 aromatic rings. The molecule has 0 aromatic carbocycles. The van der Waals surface area contributed by atoms with Crippen molar-refractivity contribution < 1.29 is 11.0 Å². The number of amides is 2. The largest absolute Gasteiger partial charge is 0.352 e. The summed E-state index contributed by atoms with van der Waals surface area (Å²) in [5, 5.41) is 8.14. The molecule has 6 rings (SSSR count). The van der Waals surface area contributed by atoms with Crippen LogP contribution in [0, 0.1) is 23.2 Å². The Morgan fingerprint density at radius 1 is 1.25 bits per heavy atom. The minimum atomic E-state index is -0.0204. The lowest BCUT2D eigenvalue weighted by Gasteiger charge is -2.23. The van der Waals surface area contributed by atoms with Crippen LogP contribution in [0.5, 0.6) is 0 Å². The maximum atomic E-state index is 13.4. The lowest BCUT2D eigenvalue weighted by atomic mass is 9.83. The number of aromatic nitrogens is 1. The van der Waals surface area contributed by atoms with Crippen molar-refractivity contribution in [2.75, 3.05) is 18.1 Å². The van der Waals surface area contributed by atoms with Crippen LogP contribution in [0.15, 0.2) is 23.2 Å². The Morgan fingerprint density at radius 3 is 2.81 bits per heavy atom. The number of rotatable bonds is 10. The number of nitrogens with one attached hydrogen (secondary N) is 2. The monoisotopic (exact) mass is 541 g/mol. The minimum absolute atomic E-state index is 0. The summed E-state index contributed by atoms with van der Waals surface area (Å²) in [6.07, 6.45) is 12.2. The first kappa shape index (κ1) is 24.6. The van der Waals surface area contributed by atoms with E-state index in [0.29, 0.717) is 17.3 Å². The van der Waals surface area contributed by atoms with E-state index in [4.69, 9.17) is 12.2 Å². The molecule has 192 valence electrons. The molecule has 5 nitrogen and oxygen atoms in total. The SMILES string of the molecule is CSc1cccc(CC(=S)C[C@H]2CCc3sc(NC(=O)C4CC45CC5)c(C(=O)NCC4CC4)c3C2)n1.[HH]. The summed E-state index contributed by atoms with van der Waals surface area (Å²) in [5.74, 6) is 1.27. The molecule has 4 aliphatic rings. The molecular weight excluding hydrogens is 507 g/mol. The molecule has 2 atom stereocenters. The van der Waals surface area contributed by atoms with Crippen molar-refractivity contribution >= 4 is 57.0 Å². The average Bonchev–Trinajstić information content (AvgIpc) is 3.79. The number of fused-ring (bicyclic) bond motifs is 1. The van der Waals surface area contributed by atoms with Crippen molar-refractivity contribution in [2.45, 2.75) is 69.2 Å². The van der Waals surface area contributed by atoms with Crippen molar-refractivity contribution in [3.8, 4) is 0 Å². The zero-order valence-electron chi connectivity index (χ0n) is 20.7. The second-order valence-electron chi connectivity index (χ2n) is 11.2. The molecule has 8 heteroatoms. The summed E-state index contributed by atoms with van der Waals surface area (Å²) in [7, 11) is 0. The van der Waals surface area contributed by atoms with Gasteiger partial charge in [0.15, 0.2) is 0 Å². The van der Waals surface area contributed by atoms with Gasteiger partial charge in [0.05, 0.1) is 10.6 Å². The number of thiocarbonyl (C=S) groups is 1.